The van der Waals surface area contributed by atoms with Crippen LogP contribution in [0.5, 0.6) is 5.88 Å². The number of nitrogens with zero attached hydrogens (tertiary/aromatic N) is 2. The third-order valence-electron chi connectivity index (χ3n) is 4.81. The molecule has 0 spiro atoms. The van der Waals surface area contributed by atoms with Gasteiger partial charge in [0.2, 0.25) is 0 Å². The van der Waals surface area contributed by atoms with Gasteiger partial charge in [-0.25, -0.2) is 4.79 Å². The largest absolute Gasteiger partial charge is 0.477 e. The van der Waals surface area contributed by atoms with Gasteiger partial charge in [0.05, 0.1) is 6.20 Å². The van der Waals surface area contributed by atoms with Gasteiger partial charge >= 0.3 is 5.56 Å². The molecule has 0 unspecified atom stereocenters. The molecule has 0 fully saturated rings. The number of halogens is 1. The minimum absolute atomic E-state index is 0.00851. The molecule has 0 aliphatic heterocycles. The maximum atomic E-state index is 13.0. The molecule has 0 saturated carbocycles. The van der Waals surface area contributed by atoms with Crippen LogP contribution >= 0.6 is 11.6 Å². The first kappa shape index (κ1) is 19.0. The molecular weight excluding hydrogens is 384 g/mol. The van der Waals surface area contributed by atoms with Crippen LogP contribution in [0, 0.1) is 0 Å². The van der Waals surface area contributed by atoms with Crippen LogP contribution in [0.4, 0.5) is 0 Å². The van der Waals surface area contributed by atoms with Crippen molar-refractivity contribution in [3.05, 3.63) is 117 Å². The number of benzene rings is 2. The highest BCUT2D eigenvalue weighted by molar-refractivity contribution is 6.30. The molecule has 0 saturated heterocycles. The van der Waals surface area contributed by atoms with Crippen LogP contribution in [0.2, 0.25) is 5.02 Å². The Labute approximate surface area is 173 Å². The van der Waals surface area contributed by atoms with Gasteiger partial charge in [-0.15, -0.1) is 0 Å². The van der Waals surface area contributed by atoms with Crippen LogP contribution in [0.3, 0.4) is 0 Å². The summed E-state index contributed by atoms with van der Waals surface area (Å²) in [5.41, 5.74) is 2.78. The third-order valence-corrected chi connectivity index (χ3v) is 5.06. The van der Waals surface area contributed by atoms with Crippen LogP contribution in [-0.2, 0) is 13.0 Å². The average Bonchev–Trinajstić information content (AvgIpc) is 2.75. The Bertz CT molecular complexity index is 1230. The zero-order chi connectivity index (χ0) is 20.2. The van der Waals surface area contributed by atoms with Crippen LogP contribution in [0.25, 0.3) is 11.7 Å². The summed E-state index contributed by atoms with van der Waals surface area (Å²) in [7, 11) is 0. The molecular formula is C24H20ClN2O2+. The summed E-state index contributed by atoms with van der Waals surface area (Å²) in [6.45, 7) is 0.421. The van der Waals surface area contributed by atoms with Gasteiger partial charge in [-0.05, 0) is 35.4 Å². The van der Waals surface area contributed by atoms with Crippen LogP contribution in [0.1, 0.15) is 16.7 Å². The maximum Gasteiger partial charge on any atom is 0.349 e. The van der Waals surface area contributed by atoms with Gasteiger partial charge < -0.3 is 5.11 Å². The molecule has 4 rings (SSSR count). The number of pyridine rings is 1. The Morgan fingerprint density at radius 1 is 0.966 bits per heavy atom. The van der Waals surface area contributed by atoms with Gasteiger partial charge in [0, 0.05) is 17.5 Å². The summed E-state index contributed by atoms with van der Waals surface area (Å²) >= 11 is 5.93. The molecule has 0 bridgehead atoms. The van der Waals surface area contributed by atoms with Crippen molar-refractivity contribution in [2.24, 2.45) is 0 Å². The first-order valence-corrected chi connectivity index (χ1v) is 9.72. The summed E-state index contributed by atoms with van der Waals surface area (Å²) in [6.07, 6.45) is 6.01. The van der Waals surface area contributed by atoms with E-state index in [4.69, 9.17) is 11.6 Å². The smallest absolute Gasteiger partial charge is 0.349 e. The van der Waals surface area contributed by atoms with E-state index < -0.39 is 0 Å². The third kappa shape index (κ3) is 4.08. The zero-order valence-electron chi connectivity index (χ0n) is 15.7. The molecule has 4 aromatic rings. The summed E-state index contributed by atoms with van der Waals surface area (Å²) in [5, 5.41) is 11.6. The van der Waals surface area contributed by atoms with Crippen molar-refractivity contribution >= 4 is 23.3 Å². The summed E-state index contributed by atoms with van der Waals surface area (Å²) in [4.78, 5) is 13.0. The molecule has 5 heteroatoms. The number of aromatic nitrogens is 2. The second-order valence-electron chi connectivity index (χ2n) is 6.76. The Kier molecular flexibility index (Phi) is 5.45. The topological polar surface area (TPSA) is 45.6 Å². The second-order valence-corrected chi connectivity index (χ2v) is 7.20. The second kappa shape index (κ2) is 8.33. The number of aromatic hydroxyl groups is 1. The van der Waals surface area contributed by atoms with Crippen LogP contribution in [0.15, 0.2) is 89.9 Å². The van der Waals surface area contributed by atoms with Crippen molar-refractivity contribution in [2.45, 2.75) is 13.0 Å². The van der Waals surface area contributed by atoms with Crippen molar-refractivity contribution in [3.63, 3.8) is 0 Å². The van der Waals surface area contributed by atoms with E-state index >= 15 is 0 Å². The van der Waals surface area contributed by atoms with Gasteiger partial charge in [-0.1, -0.05) is 66.2 Å². The highest BCUT2D eigenvalue weighted by Crippen LogP contribution is 2.15. The molecule has 2 heterocycles. The Morgan fingerprint density at radius 3 is 2.45 bits per heavy atom. The van der Waals surface area contributed by atoms with Crippen LogP contribution < -0.4 is 10.1 Å². The van der Waals surface area contributed by atoms with E-state index in [1.165, 1.54) is 0 Å². The lowest BCUT2D eigenvalue weighted by Gasteiger charge is -2.08. The lowest BCUT2D eigenvalue weighted by molar-refractivity contribution is -0.671. The summed E-state index contributed by atoms with van der Waals surface area (Å²) in [5.74, 6) is -0.00851. The molecule has 0 radical (unpaired) electrons. The van der Waals surface area contributed by atoms with E-state index in [2.05, 4.69) is 0 Å². The highest BCUT2D eigenvalue weighted by Gasteiger charge is 2.22. The summed E-state index contributed by atoms with van der Waals surface area (Å²) in [6, 6.07) is 22.7. The molecule has 2 aromatic carbocycles. The molecule has 29 heavy (non-hydrogen) atoms. The number of rotatable bonds is 5. The van der Waals surface area contributed by atoms with Crippen molar-refractivity contribution in [1.29, 1.82) is 0 Å². The number of hydrogen-bond acceptors (Lipinski definition) is 2. The first-order chi connectivity index (χ1) is 14.1. The van der Waals surface area contributed by atoms with Crippen molar-refractivity contribution in [3.8, 4) is 5.88 Å². The Balaban J connectivity index is 1.76. The Hall–Kier alpha value is -3.37. The lowest BCUT2D eigenvalue weighted by atomic mass is 10.1. The molecule has 144 valence electrons. The summed E-state index contributed by atoms with van der Waals surface area (Å²) < 4.78 is 3.32. The number of fused-ring (bicyclic) bond motifs is 1. The van der Waals surface area contributed by atoms with Crippen molar-refractivity contribution < 1.29 is 9.67 Å². The first-order valence-electron chi connectivity index (χ1n) is 9.34. The van der Waals surface area contributed by atoms with E-state index in [1.54, 1.807) is 15.2 Å². The van der Waals surface area contributed by atoms with Gasteiger partial charge in [0.25, 0.3) is 11.5 Å². The fourth-order valence-electron chi connectivity index (χ4n) is 3.34. The molecule has 0 aliphatic carbocycles. The van der Waals surface area contributed by atoms with Crippen molar-refractivity contribution in [2.75, 3.05) is 0 Å². The van der Waals surface area contributed by atoms with Crippen LogP contribution in [-0.4, -0.2) is 9.51 Å². The highest BCUT2D eigenvalue weighted by atomic mass is 35.5. The Morgan fingerprint density at radius 2 is 1.69 bits per heavy atom. The van der Waals surface area contributed by atoms with E-state index in [0.717, 1.165) is 11.1 Å². The van der Waals surface area contributed by atoms with Crippen molar-refractivity contribution in [1.82, 2.24) is 4.40 Å². The standard InChI is InChI=1S/C24H19ClN2O2/c25-20-13-11-18(12-14-20)9-6-16-27-22-10-4-5-15-26(22)23(28)21(24(27)29)17-19-7-2-1-3-8-19/h1-15H,16-17H2/p+1/b9-6+. The predicted molar refractivity (Wildman–Crippen MR) is 115 cm³/mol. The SMILES string of the molecule is O=c1c(Cc2ccccc2)c(O)[n+](C/C=C/c2ccc(Cl)cc2)c2ccccn12. The normalized spacial score (nSPS) is 11.3. The molecule has 0 atom stereocenters. The fourth-order valence-corrected chi connectivity index (χ4v) is 3.47. The minimum atomic E-state index is -0.208. The number of hydrogen-bond donors (Lipinski definition) is 1. The molecule has 2 aromatic heterocycles. The van der Waals surface area contributed by atoms with Gasteiger partial charge in [0.15, 0.2) is 0 Å². The maximum absolute atomic E-state index is 13.0. The molecule has 0 amide bonds. The fraction of sp³-hybridized carbons (Fsp3) is 0.0833. The molecule has 4 nitrogen and oxygen atoms in total. The van der Waals surface area contributed by atoms with E-state index in [1.807, 2.05) is 84.9 Å². The van der Waals surface area contributed by atoms with Gasteiger partial charge in [0.1, 0.15) is 12.1 Å². The average molecular weight is 404 g/mol. The minimum Gasteiger partial charge on any atom is -0.477 e. The lowest BCUT2D eigenvalue weighted by Crippen LogP contribution is -2.41. The van der Waals surface area contributed by atoms with E-state index in [0.29, 0.717) is 29.2 Å². The zero-order valence-corrected chi connectivity index (χ0v) is 16.5. The van der Waals surface area contributed by atoms with Gasteiger partial charge in [-0.2, -0.15) is 8.97 Å². The monoisotopic (exact) mass is 403 g/mol. The van der Waals surface area contributed by atoms with E-state index in [-0.39, 0.29) is 11.4 Å². The number of allylic oxidation sites excluding steroid dienone is 1. The van der Waals surface area contributed by atoms with E-state index in [9.17, 15) is 9.90 Å². The quantitative estimate of drug-likeness (QED) is 0.506. The molecule has 0 aliphatic rings. The predicted octanol–water partition coefficient (Wildman–Crippen LogP) is 4.25. The van der Waals surface area contributed by atoms with Gasteiger partial charge in [-0.3, -0.25) is 0 Å². The molecule has 1 N–H and O–H groups in total.